The zero-order chi connectivity index (χ0) is 12.8. The van der Waals surface area contributed by atoms with Crippen molar-refractivity contribution in [3.05, 3.63) is 48.7 Å². The SMILES string of the molecule is Nc1ccc(SCC(=O)Nc2ccccn2)cc1. The Hall–Kier alpha value is -2.01. The number of nitrogens with one attached hydrogen (secondary N) is 1. The fourth-order valence-corrected chi connectivity index (χ4v) is 2.03. The number of benzene rings is 1. The lowest BCUT2D eigenvalue weighted by Crippen LogP contribution is -2.14. The standard InChI is InChI=1S/C13H13N3OS/c14-10-4-6-11(7-5-10)18-9-13(17)16-12-3-1-2-8-15-12/h1-8H,9,14H2,(H,15,16,17). The summed E-state index contributed by atoms with van der Waals surface area (Å²) in [6.45, 7) is 0. The Kier molecular flexibility index (Phi) is 4.20. The third-order valence-electron chi connectivity index (χ3n) is 2.18. The van der Waals surface area contributed by atoms with Gasteiger partial charge in [-0.1, -0.05) is 6.07 Å². The maximum atomic E-state index is 11.7. The van der Waals surface area contributed by atoms with E-state index in [1.165, 1.54) is 11.8 Å². The third-order valence-corrected chi connectivity index (χ3v) is 3.19. The van der Waals surface area contributed by atoms with Crippen LogP contribution in [0.5, 0.6) is 0 Å². The van der Waals surface area contributed by atoms with Gasteiger partial charge in [0.15, 0.2) is 0 Å². The Morgan fingerprint density at radius 1 is 1.22 bits per heavy atom. The molecule has 0 aliphatic carbocycles. The lowest BCUT2D eigenvalue weighted by molar-refractivity contribution is -0.113. The number of pyridine rings is 1. The number of rotatable bonds is 4. The number of carbonyl (C=O) groups is 1. The Balaban J connectivity index is 1.83. The van der Waals surface area contributed by atoms with Crippen LogP contribution in [0.3, 0.4) is 0 Å². The normalized spacial score (nSPS) is 10.0. The average Bonchev–Trinajstić information content (AvgIpc) is 2.39. The third kappa shape index (κ3) is 3.78. The van der Waals surface area contributed by atoms with E-state index in [0.29, 0.717) is 11.6 Å². The molecule has 0 spiro atoms. The van der Waals surface area contributed by atoms with Gasteiger partial charge in [-0.3, -0.25) is 4.79 Å². The molecule has 0 radical (unpaired) electrons. The van der Waals surface area contributed by atoms with Gasteiger partial charge in [0.25, 0.3) is 0 Å². The maximum Gasteiger partial charge on any atom is 0.235 e. The molecule has 0 fully saturated rings. The predicted octanol–water partition coefficient (Wildman–Crippen LogP) is 2.39. The summed E-state index contributed by atoms with van der Waals surface area (Å²) in [5, 5.41) is 2.73. The van der Waals surface area contributed by atoms with Crippen molar-refractivity contribution in [1.29, 1.82) is 0 Å². The van der Waals surface area contributed by atoms with E-state index in [9.17, 15) is 4.79 Å². The van der Waals surface area contributed by atoms with Crippen LogP contribution >= 0.6 is 11.8 Å². The highest BCUT2D eigenvalue weighted by Crippen LogP contribution is 2.19. The summed E-state index contributed by atoms with van der Waals surface area (Å²) in [5.74, 6) is 0.844. The van der Waals surface area contributed by atoms with Crippen LogP contribution in [0.1, 0.15) is 0 Å². The van der Waals surface area contributed by atoms with Gasteiger partial charge in [0.2, 0.25) is 5.91 Å². The van der Waals surface area contributed by atoms with Crippen molar-refractivity contribution in [2.24, 2.45) is 0 Å². The van der Waals surface area contributed by atoms with Crippen LogP contribution in [0.15, 0.2) is 53.6 Å². The van der Waals surface area contributed by atoms with Crippen molar-refractivity contribution in [2.45, 2.75) is 4.90 Å². The second-order valence-electron chi connectivity index (χ2n) is 3.62. The van der Waals surface area contributed by atoms with E-state index in [2.05, 4.69) is 10.3 Å². The van der Waals surface area contributed by atoms with Gasteiger partial charge in [-0.15, -0.1) is 11.8 Å². The zero-order valence-electron chi connectivity index (χ0n) is 9.67. The van der Waals surface area contributed by atoms with Crippen LogP contribution < -0.4 is 11.1 Å². The number of thioether (sulfide) groups is 1. The lowest BCUT2D eigenvalue weighted by atomic mass is 10.3. The smallest absolute Gasteiger partial charge is 0.235 e. The molecule has 3 N–H and O–H groups in total. The van der Waals surface area contributed by atoms with Gasteiger partial charge < -0.3 is 11.1 Å². The number of amides is 1. The fourth-order valence-electron chi connectivity index (χ4n) is 1.33. The van der Waals surface area contributed by atoms with Crippen LogP contribution in [-0.2, 0) is 4.79 Å². The summed E-state index contributed by atoms with van der Waals surface area (Å²) in [6, 6.07) is 12.8. The molecule has 2 rings (SSSR count). The fraction of sp³-hybridized carbons (Fsp3) is 0.0769. The van der Waals surface area contributed by atoms with Gasteiger partial charge in [0.05, 0.1) is 5.75 Å². The number of hydrogen-bond donors (Lipinski definition) is 2. The number of nitrogens with two attached hydrogens (primary N) is 1. The summed E-state index contributed by atoms with van der Waals surface area (Å²) in [4.78, 5) is 16.7. The number of aromatic nitrogens is 1. The molecule has 0 unspecified atom stereocenters. The first-order valence-corrected chi connectivity index (χ1v) is 6.42. The number of nitrogen functional groups attached to an aromatic ring is 1. The molecule has 2 aromatic rings. The molecule has 0 atom stereocenters. The Morgan fingerprint density at radius 2 is 2.00 bits per heavy atom. The first-order valence-electron chi connectivity index (χ1n) is 5.43. The summed E-state index contributed by atoms with van der Waals surface area (Å²) in [5.41, 5.74) is 6.31. The Labute approximate surface area is 110 Å². The highest BCUT2D eigenvalue weighted by Gasteiger charge is 2.03. The minimum atomic E-state index is -0.0736. The van der Waals surface area contributed by atoms with Gasteiger partial charge in [-0.25, -0.2) is 4.98 Å². The topological polar surface area (TPSA) is 68.0 Å². The zero-order valence-corrected chi connectivity index (χ0v) is 10.5. The molecule has 1 amide bonds. The number of nitrogens with zero attached hydrogens (tertiary/aromatic N) is 1. The van der Waals surface area contributed by atoms with E-state index < -0.39 is 0 Å². The quantitative estimate of drug-likeness (QED) is 0.653. The van der Waals surface area contributed by atoms with Crippen molar-refractivity contribution in [3.63, 3.8) is 0 Å². The van der Waals surface area contributed by atoms with E-state index in [0.717, 1.165) is 10.6 Å². The van der Waals surface area contributed by atoms with Crippen molar-refractivity contribution >= 4 is 29.2 Å². The second kappa shape index (κ2) is 6.07. The maximum absolute atomic E-state index is 11.7. The van der Waals surface area contributed by atoms with Crippen molar-refractivity contribution in [2.75, 3.05) is 16.8 Å². The van der Waals surface area contributed by atoms with Gasteiger partial charge in [0.1, 0.15) is 5.82 Å². The molecule has 1 aromatic carbocycles. The molecule has 92 valence electrons. The molecule has 18 heavy (non-hydrogen) atoms. The molecule has 0 aliphatic heterocycles. The summed E-state index contributed by atoms with van der Waals surface area (Å²) < 4.78 is 0. The highest BCUT2D eigenvalue weighted by molar-refractivity contribution is 8.00. The first-order chi connectivity index (χ1) is 8.74. The summed E-state index contributed by atoms with van der Waals surface area (Å²) >= 11 is 1.46. The van der Waals surface area contributed by atoms with Crippen LogP contribution in [0, 0.1) is 0 Å². The Morgan fingerprint density at radius 3 is 2.67 bits per heavy atom. The van der Waals surface area contributed by atoms with Gasteiger partial charge in [0, 0.05) is 16.8 Å². The summed E-state index contributed by atoms with van der Waals surface area (Å²) in [6.07, 6.45) is 1.64. The van der Waals surface area contributed by atoms with Crippen molar-refractivity contribution in [3.8, 4) is 0 Å². The molecule has 0 saturated carbocycles. The molecule has 4 nitrogen and oxygen atoms in total. The molecule has 5 heteroatoms. The largest absolute Gasteiger partial charge is 0.399 e. The second-order valence-corrected chi connectivity index (χ2v) is 4.67. The van der Waals surface area contributed by atoms with Crippen LogP contribution in [0.4, 0.5) is 11.5 Å². The van der Waals surface area contributed by atoms with Gasteiger partial charge in [-0.2, -0.15) is 0 Å². The van der Waals surface area contributed by atoms with E-state index in [1.54, 1.807) is 18.3 Å². The lowest BCUT2D eigenvalue weighted by Gasteiger charge is -2.04. The van der Waals surface area contributed by atoms with Crippen molar-refractivity contribution in [1.82, 2.24) is 4.98 Å². The van der Waals surface area contributed by atoms with E-state index in [1.807, 2.05) is 30.3 Å². The highest BCUT2D eigenvalue weighted by atomic mass is 32.2. The van der Waals surface area contributed by atoms with Gasteiger partial charge >= 0.3 is 0 Å². The van der Waals surface area contributed by atoms with Crippen LogP contribution in [-0.4, -0.2) is 16.6 Å². The molecular formula is C13H13N3OS. The Bertz CT molecular complexity index is 514. The van der Waals surface area contributed by atoms with Crippen LogP contribution in [0.2, 0.25) is 0 Å². The van der Waals surface area contributed by atoms with Crippen molar-refractivity contribution < 1.29 is 4.79 Å². The molecule has 0 aliphatic rings. The first kappa shape index (κ1) is 12.4. The number of anilines is 2. The molecule has 1 aromatic heterocycles. The predicted molar refractivity (Wildman–Crippen MR) is 74.4 cm³/mol. The number of hydrogen-bond acceptors (Lipinski definition) is 4. The molecular weight excluding hydrogens is 246 g/mol. The minimum absolute atomic E-state index is 0.0736. The van der Waals surface area contributed by atoms with Gasteiger partial charge in [-0.05, 0) is 36.4 Å². The van der Waals surface area contributed by atoms with E-state index >= 15 is 0 Å². The van der Waals surface area contributed by atoms with E-state index in [-0.39, 0.29) is 5.91 Å². The molecule has 0 saturated heterocycles. The molecule has 1 heterocycles. The van der Waals surface area contributed by atoms with E-state index in [4.69, 9.17) is 5.73 Å². The van der Waals surface area contributed by atoms with Crippen LogP contribution in [0.25, 0.3) is 0 Å². The minimum Gasteiger partial charge on any atom is -0.399 e. The molecule has 0 bridgehead atoms. The monoisotopic (exact) mass is 259 g/mol. The number of carbonyl (C=O) groups excluding carboxylic acids is 1. The average molecular weight is 259 g/mol. The summed E-state index contributed by atoms with van der Waals surface area (Å²) in [7, 11) is 0.